The first-order valence-corrected chi connectivity index (χ1v) is 10.9. The maximum Gasteiger partial charge on any atom is 0.253 e. The van der Waals surface area contributed by atoms with E-state index in [1.165, 1.54) is 18.2 Å². The van der Waals surface area contributed by atoms with Gasteiger partial charge in [0, 0.05) is 24.6 Å². The second-order valence-corrected chi connectivity index (χ2v) is 10.1. The van der Waals surface area contributed by atoms with E-state index in [1.54, 1.807) is 18.7 Å². The summed E-state index contributed by atoms with van der Waals surface area (Å²) in [5, 5.41) is 0.0682. The Morgan fingerprint density at radius 1 is 1.21 bits per heavy atom. The average molecular weight is 428 g/mol. The van der Waals surface area contributed by atoms with E-state index in [0.717, 1.165) is 0 Å². The molecule has 0 bridgehead atoms. The Labute approximate surface area is 168 Å². The third-order valence-corrected chi connectivity index (χ3v) is 7.51. The van der Waals surface area contributed by atoms with Crippen LogP contribution in [-0.4, -0.2) is 49.9 Å². The van der Waals surface area contributed by atoms with Gasteiger partial charge in [-0.25, -0.2) is 12.7 Å². The summed E-state index contributed by atoms with van der Waals surface area (Å²) in [7, 11) is -3.88. The molecule has 8 nitrogen and oxygen atoms in total. The summed E-state index contributed by atoms with van der Waals surface area (Å²) in [5.74, 6) is -1.85. The van der Waals surface area contributed by atoms with Crippen LogP contribution >= 0.6 is 11.6 Å². The molecule has 0 radical (unpaired) electrons. The van der Waals surface area contributed by atoms with Gasteiger partial charge in [0.25, 0.3) is 5.91 Å². The summed E-state index contributed by atoms with van der Waals surface area (Å²) in [6.45, 7) is 3.86. The van der Waals surface area contributed by atoms with Gasteiger partial charge >= 0.3 is 0 Å². The Bertz CT molecular complexity index is 952. The van der Waals surface area contributed by atoms with Crippen LogP contribution < -0.4 is 10.0 Å². The molecule has 0 atom stereocenters. The molecule has 152 valence electrons. The Morgan fingerprint density at radius 3 is 2.32 bits per heavy atom. The Morgan fingerprint density at radius 2 is 1.82 bits per heavy atom. The molecular formula is C18H22ClN3O5S. The SMILES string of the molecule is CC1(C)CS(=O)(=O)N(c2cc(C(=O)N3CCC(C(N)=O)CC3)ccc2Cl)C1=O. The van der Waals surface area contributed by atoms with E-state index in [0.29, 0.717) is 30.2 Å². The quantitative estimate of drug-likeness (QED) is 0.781. The van der Waals surface area contributed by atoms with Gasteiger partial charge in [0.05, 0.1) is 21.9 Å². The molecule has 0 aromatic heterocycles. The molecule has 28 heavy (non-hydrogen) atoms. The van der Waals surface area contributed by atoms with Crippen molar-refractivity contribution in [1.29, 1.82) is 0 Å². The van der Waals surface area contributed by atoms with Gasteiger partial charge in [0.2, 0.25) is 21.8 Å². The number of hydrogen-bond acceptors (Lipinski definition) is 5. The third-order valence-electron chi connectivity index (χ3n) is 5.18. The van der Waals surface area contributed by atoms with Gasteiger partial charge in [0.15, 0.2) is 0 Å². The van der Waals surface area contributed by atoms with Crippen molar-refractivity contribution in [3.8, 4) is 0 Å². The predicted octanol–water partition coefficient (Wildman–Crippen LogP) is 1.38. The van der Waals surface area contributed by atoms with Gasteiger partial charge in [-0.05, 0) is 44.9 Å². The van der Waals surface area contributed by atoms with Crippen molar-refractivity contribution in [2.75, 3.05) is 23.1 Å². The Hall–Kier alpha value is -2.13. The van der Waals surface area contributed by atoms with Crippen molar-refractivity contribution in [3.05, 3.63) is 28.8 Å². The summed E-state index contributed by atoms with van der Waals surface area (Å²) in [4.78, 5) is 38.3. The van der Waals surface area contributed by atoms with Gasteiger partial charge in [-0.15, -0.1) is 0 Å². The molecule has 1 aromatic carbocycles. The number of anilines is 1. The number of amides is 3. The number of halogens is 1. The van der Waals surface area contributed by atoms with Crippen molar-refractivity contribution in [2.45, 2.75) is 26.7 Å². The number of sulfonamides is 1. The molecule has 0 spiro atoms. The number of primary amides is 1. The first-order chi connectivity index (χ1) is 12.9. The second kappa shape index (κ2) is 7.04. The lowest BCUT2D eigenvalue weighted by molar-refractivity contribution is -0.124. The fourth-order valence-corrected chi connectivity index (χ4v) is 5.96. The molecule has 2 aliphatic heterocycles. The molecule has 3 rings (SSSR count). The van der Waals surface area contributed by atoms with Gasteiger partial charge < -0.3 is 10.6 Å². The van der Waals surface area contributed by atoms with Crippen LogP contribution in [0.2, 0.25) is 5.02 Å². The van der Waals surface area contributed by atoms with E-state index < -0.39 is 21.3 Å². The van der Waals surface area contributed by atoms with Crippen LogP contribution in [0.3, 0.4) is 0 Å². The number of rotatable bonds is 3. The highest BCUT2D eigenvalue weighted by Crippen LogP contribution is 2.39. The van der Waals surface area contributed by atoms with Crippen molar-refractivity contribution in [3.63, 3.8) is 0 Å². The lowest BCUT2D eigenvalue weighted by atomic mass is 9.95. The van der Waals surface area contributed by atoms with Crippen molar-refractivity contribution in [2.24, 2.45) is 17.1 Å². The second-order valence-electron chi connectivity index (χ2n) is 7.84. The predicted molar refractivity (Wildman–Crippen MR) is 104 cm³/mol. The molecule has 2 fully saturated rings. The molecular weight excluding hydrogens is 406 g/mol. The fraction of sp³-hybridized carbons (Fsp3) is 0.500. The number of nitrogens with two attached hydrogens (primary N) is 1. The maximum atomic E-state index is 12.8. The van der Waals surface area contributed by atoms with Gasteiger partial charge in [-0.1, -0.05) is 11.6 Å². The van der Waals surface area contributed by atoms with E-state index in [4.69, 9.17) is 17.3 Å². The summed E-state index contributed by atoms with van der Waals surface area (Å²) < 4.78 is 25.8. The normalized spacial score (nSPS) is 21.8. The molecule has 10 heteroatoms. The number of likely N-dealkylation sites (tertiary alicyclic amines) is 1. The van der Waals surface area contributed by atoms with Crippen molar-refractivity contribution >= 4 is 45.0 Å². The smallest absolute Gasteiger partial charge is 0.253 e. The molecule has 2 saturated heterocycles. The van der Waals surface area contributed by atoms with E-state index >= 15 is 0 Å². The van der Waals surface area contributed by atoms with Crippen molar-refractivity contribution < 1.29 is 22.8 Å². The number of hydrogen-bond donors (Lipinski definition) is 1. The molecule has 0 saturated carbocycles. The Balaban J connectivity index is 1.90. The lowest BCUT2D eigenvalue weighted by Crippen LogP contribution is -2.41. The van der Waals surface area contributed by atoms with Gasteiger partial charge in [-0.2, -0.15) is 0 Å². The summed E-state index contributed by atoms with van der Waals surface area (Å²) >= 11 is 6.17. The van der Waals surface area contributed by atoms with Gasteiger partial charge in [0.1, 0.15) is 0 Å². The monoisotopic (exact) mass is 427 g/mol. The minimum Gasteiger partial charge on any atom is -0.369 e. The zero-order chi connectivity index (χ0) is 20.9. The molecule has 3 amide bonds. The van der Waals surface area contributed by atoms with E-state index in [9.17, 15) is 22.8 Å². The highest BCUT2D eigenvalue weighted by atomic mass is 35.5. The lowest BCUT2D eigenvalue weighted by Gasteiger charge is -2.31. The number of piperidine rings is 1. The van der Waals surface area contributed by atoms with Crippen LogP contribution in [-0.2, 0) is 19.6 Å². The molecule has 2 aliphatic rings. The first kappa shape index (κ1) is 20.6. The molecule has 0 unspecified atom stereocenters. The maximum absolute atomic E-state index is 12.8. The van der Waals surface area contributed by atoms with Crippen LogP contribution in [0.4, 0.5) is 5.69 Å². The molecule has 2 heterocycles. The largest absolute Gasteiger partial charge is 0.369 e. The molecule has 1 aromatic rings. The van der Waals surface area contributed by atoms with Crippen molar-refractivity contribution in [1.82, 2.24) is 4.90 Å². The first-order valence-electron chi connectivity index (χ1n) is 8.89. The number of benzene rings is 1. The number of carbonyl (C=O) groups excluding carboxylic acids is 3. The molecule has 2 N–H and O–H groups in total. The summed E-state index contributed by atoms with van der Waals surface area (Å²) in [6.07, 6.45) is 0.962. The van der Waals surface area contributed by atoms with E-state index in [2.05, 4.69) is 0 Å². The average Bonchev–Trinajstić information content (AvgIpc) is 2.78. The fourth-order valence-electron chi connectivity index (χ4n) is 3.59. The van der Waals surface area contributed by atoms with Crippen LogP contribution in [0.5, 0.6) is 0 Å². The zero-order valence-electron chi connectivity index (χ0n) is 15.6. The van der Waals surface area contributed by atoms with Crippen LogP contribution in [0.1, 0.15) is 37.0 Å². The standard InChI is InChI=1S/C18H22ClN3O5S/c1-18(2)10-28(26,27)22(17(18)25)14-9-12(3-4-13(14)19)16(24)21-7-5-11(6-8-21)15(20)23/h3-4,9,11H,5-8,10H2,1-2H3,(H2,20,23). The summed E-state index contributed by atoms with van der Waals surface area (Å²) in [5.41, 5.74) is 4.45. The zero-order valence-corrected chi connectivity index (χ0v) is 17.2. The van der Waals surface area contributed by atoms with Crippen LogP contribution in [0.25, 0.3) is 0 Å². The van der Waals surface area contributed by atoms with Crippen LogP contribution in [0.15, 0.2) is 18.2 Å². The van der Waals surface area contributed by atoms with Gasteiger partial charge in [-0.3, -0.25) is 14.4 Å². The number of nitrogens with zero attached hydrogens (tertiary/aromatic N) is 2. The molecule has 0 aliphatic carbocycles. The minimum absolute atomic E-state index is 0.0184. The Kier molecular flexibility index (Phi) is 5.18. The topological polar surface area (TPSA) is 118 Å². The third kappa shape index (κ3) is 3.60. The van der Waals surface area contributed by atoms with E-state index in [-0.39, 0.29) is 39.8 Å². The highest BCUT2D eigenvalue weighted by Gasteiger charge is 2.50. The van der Waals surface area contributed by atoms with E-state index in [1.807, 2.05) is 0 Å². The number of carbonyl (C=O) groups is 3. The summed E-state index contributed by atoms with van der Waals surface area (Å²) in [6, 6.07) is 4.24. The van der Waals surface area contributed by atoms with Crippen LogP contribution in [0, 0.1) is 11.3 Å². The minimum atomic E-state index is -3.88. The highest BCUT2D eigenvalue weighted by molar-refractivity contribution is 7.94.